The van der Waals surface area contributed by atoms with E-state index in [9.17, 15) is 4.79 Å². The van der Waals surface area contributed by atoms with Gasteiger partial charge >= 0.3 is 0 Å². The predicted octanol–water partition coefficient (Wildman–Crippen LogP) is 1.75. The molecule has 1 saturated carbocycles. The average Bonchev–Trinajstić information content (AvgIpc) is 2.47. The van der Waals surface area contributed by atoms with Crippen LogP contribution in [0.2, 0.25) is 0 Å². The smallest absolute Gasteiger partial charge is 0.237 e. The van der Waals surface area contributed by atoms with Crippen LogP contribution in [0.1, 0.15) is 51.9 Å². The van der Waals surface area contributed by atoms with Gasteiger partial charge in [-0.2, -0.15) is 0 Å². The molecule has 0 aromatic carbocycles. The van der Waals surface area contributed by atoms with Gasteiger partial charge in [0.25, 0.3) is 0 Å². The van der Waals surface area contributed by atoms with Crippen LogP contribution in [-0.2, 0) is 4.79 Å². The number of amides is 1. The van der Waals surface area contributed by atoms with E-state index in [4.69, 9.17) is 5.21 Å². The van der Waals surface area contributed by atoms with E-state index in [-0.39, 0.29) is 11.9 Å². The zero-order valence-corrected chi connectivity index (χ0v) is 11.8. The minimum absolute atomic E-state index is 0.0813. The van der Waals surface area contributed by atoms with Gasteiger partial charge in [0, 0.05) is 32.0 Å². The molecule has 5 nitrogen and oxygen atoms in total. The van der Waals surface area contributed by atoms with Crippen molar-refractivity contribution in [1.29, 1.82) is 0 Å². The first-order valence-electron chi connectivity index (χ1n) is 7.45. The zero-order chi connectivity index (χ0) is 13.7. The van der Waals surface area contributed by atoms with Gasteiger partial charge in [-0.05, 0) is 19.8 Å². The van der Waals surface area contributed by atoms with Crippen molar-refractivity contribution >= 4 is 11.6 Å². The number of hydrogen-bond acceptors (Lipinski definition) is 4. The normalized spacial score (nSPS) is 23.9. The van der Waals surface area contributed by atoms with Crippen LogP contribution < -0.4 is 5.32 Å². The molecule has 0 spiro atoms. The molecule has 19 heavy (non-hydrogen) atoms. The van der Waals surface area contributed by atoms with Crippen molar-refractivity contribution in [2.75, 3.05) is 13.1 Å². The molecule has 1 aliphatic heterocycles. The quantitative estimate of drug-likeness (QED) is 0.605. The number of nitrogens with one attached hydrogen (secondary N) is 1. The highest BCUT2D eigenvalue weighted by atomic mass is 16.4. The molecule has 1 amide bonds. The van der Waals surface area contributed by atoms with Gasteiger partial charge in [0.1, 0.15) is 0 Å². The van der Waals surface area contributed by atoms with E-state index < -0.39 is 0 Å². The van der Waals surface area contributed by atoms with Crippen LogP contribution >= 0.6 is 0 Å². The molecule has 2 fully saturated rings. The number of piperidine rings is 1. The Balaban J connectivity index is 1.78. The van der Waals surface area contributed by atoms with Crippen LogP contribution in [0, 0.1) is 0 Å². The summed E-state index contributed by atoms with van der Waals surface area (Å²) in [4.78, 5) is 14.4. The lowest BCUT2D eigenvalue weighted by molar-refractivity contribution is -0.126. The van der Waals surface area contributed by atoms with Gasteiger partial charge in [0.2, 0.25) is 5.91 Å². The van der Waals surface area contributed by atoms with Gasteiger partial charge in [-0.15, -0.1) is 0 Å². The topological polar surface area (TPSA) is 64.9 Å². The lowest BCUT2D eigenvalue weighted by Crippen LogP contribution is -2.50. The Kier molecular flexibility index (Phi) is 5.19. The van der Waals surface area contributed by atoms with Gasteiger partial charge in [0.05, 0.1) is 11.8 Å². The average molecular weight is 267 g/mol. The molecule has 108 valence electrons. The van der Waals surface area contributed by atoms with Crippen molar-refractivity contribution in [3.63, 3.8) is 0 Å². The number of nitrogens with zero attached hydrogens (tertiary/aromatic N) is 2. The highest BCUT2D eigenvalue weighted by molar-refractivity contribution is 5.86. The van der Waals surface area contributed by atoms with Gasteiger partial charge in [0.15, 0.2) is 0 Å². The molecule has 1 heterocycles. The molecule has 1 atom stereocenters. The molecule has 1 aliphatic carbocycles. The number of carbonyl (C=O) groups is 1. The summed E-state index contributed by atoms with van der Waals surface area (Å²) >= 11 is 0. The maximum Gasteiger partial charge on any atom is 0.237 e. The fraction of sp³-hybridized carbons (Fsp3) is 0.857. The molecular weight excluding hydrogens is 242 g/mol. The summed E-state index contributed by atoms with van der Waals surface area (Å²) in [5.74, 6) is 0.149. The Morgan fingerprint density at radius 2 is 1.95 bits per heavy atom. The Morgan fingerprint density at radius 3 is 2.53 bits per heavy atom. The molecule has 5 heteroatoms. The Hall–Kier alpha value is -1.10. The number of carbonyl (C=O) groups excluding carboxylic acids is 1. The highest BCUT2D eigenvalue weighted by Gasteiger charge is 2.26. The minimum atomic E-state index is -0.0813. The molecule has 0 radical (unpaired) electrons. The van der Waals surface area contributed by atoms with Crippen molar-refractivity contribution in [2.45, 2.75) is 64.0 Å². The van der Waals surface area contributed by atoms with Crippen LogP contribution in [0.15, 0.2) is 5.16 Å². The molecular formula is C14H25N3O2. The first-order chi connectivity index (χ1) is 9.20. The van der Waals surface area contributed by atoms with Crippen LogP contribution in [0.4, 0.5) is 0 Å². The summed E-state index contributed by atoms with van der Waals surface area (Å²) in [7, 11) is 0. The Morgan fingerprint density at radius 1 is 1.32 bits per heavy atom. The molecule has 0 aromatic rings. The van der Waals surface area contributed by atoms with Gasteiger partial charge in [-0.1, -0.05) is 24.4 Å². The first-order valence-corrected chi connectivity index (χ1v) is 7.45. The number of likely N-dealkylation sites (tertiary alicyclic amines) is 1. The van der Waals surface area contributed by atoms with Crippen molar-refractivity contribution in [3.05, 3.63) is 0 Å². The van der Waals surface area contributed by atoms with E-state index in [0.29, 0.717) is 6.04 Å². The summed E-state index contributed by atoms with van der Waals surface area (Å²) in [6, 6.07) is 0.297. The zero-order valence-electron chi connectivity index (χ0n) is 11.8. The molecule has 0 aromatic heterocycles. The van der Waals surface area contributed by atoms with Crippen molar-refractivity contribution < 1.29 is 10.0 Å². The molecule has 1 unspecified atom stereocenters. The monoisotopic (exact) mass is 267 g/mol. The van der Waals surface area contributed by atoms with E-state index in [2.05, 4.69) is 15.4 Å². The first kappa shape index (κ1) is 14.3. The molecule has 2 N–H and O–H groups in total. The van der Waals surface area contributed by atoms with E-state index in [1.807, 2.05) is 6.92 Å². The van der Waals surface area contributed by atoms with Crippen molar-refractivity contribution in [1.82, 2.24) is 10.2 Å². The third kappa shape index (κ3) is 3.93. The van der Waals surface area contributed by atoms with Crippen LogP contribution in [0.25, 0.3) is 0 Å². The van der Waals surface area contributed by atoms with Crippen molar-refractivity contribution in [3.8, 4) is 0 Å². The summed E-state index contributed by atoms with van der Waals surface area (Å²) < 4.78 is 0. The lowest BCUT2D eigenvalue weighted by atomic mass is 9.95. The second kappa shape index (κ2) is 6.89. The summed E-state index contributed by atoms with van der Waals surface area (Å²) in [5.41, 5.74) is 0.844. The predicted molar refractivity (Wildman–Crippen MR) is 74.5 cm³/mol. The third-order valence-corrected chi connectivity index (χ3v) is 4.40. The van der Waals surface area contributed by atoms with Crippen LogP contribution in [-0.4, -0.2) is 46.9 Å². The number of oxime groups is 1. The van der Waals surface area contributed by atoms with E-state index in [1.54, 1.807) is 0 Å². The Bertz CT molecular complexity index is 328. The van der Waals surface area contributed by atoms with Crippen LogP contribution in [0.3, 0.4) is 0 Å². The summed E-state index contributed by atoms with van der Waals surface area (Å²) in [6.07, 6.45) is 7.55. The maximum absolute atomic E-state index is 12.2. The fourth-order valence-corrected chi connectivity index (χ4v) is 3.00. The van der Waals surface area contributed by atoms with Gasteiger partial charge in [-0.25, -0.2) is 0 Å². The standard InChI is InChI=1S/C14H25N3O2/c1-11(17-9-7-13(16-19)8-10-17)14(18)15-12-5-3-2-4-6-12/h11-12,19H,2-10H2,1H3,(H,15,18). The maximum atomic E-state index is 12.2. The molecule has 0 bridgehead atoms. The van der Waals surface area contributed by atoms with E-state index in [1.165, 1.54) is 19.3 Å². The number of rotatable bonds is 3. The summed E-state index contributed by atoms with van der Waals surface area (Å²) in [5, 5.41) is 15.2. The number of hydrogen-bond donors (Lipinski definition) is 2. The molecule has 2 aliphatic rings. The second-order valence-electron chi connectivity index (χ2n) is 5.72. The van der Waals surface area contributed by atoms with Gasteiger partial charge in [-0.3, -0.25) is 9.69 Å². The second-order valence-corrected chi connectivity index (χ2v) is 5.72. The van der Waals surface area contributed by atoms with Gasteiger partial charge < -0.3 is 10.5 Å². The Labute approximate surface area is 115 Å². The third-order valence-electron chi connectivity index (χ3n) is 4.40. The molecule has 2 rings (SSSR count). The van der Waals surface area contributed by atoms with Crippen LogP contribution in [0.5, 0.6) is 0 Å². The van der Waals surface area contributed by atoms with Crippen molar-refractivity contribution in [2.24, 2.45) is 5.16 Å². The SMILES string of the molecule is CC(C(=O)NC1CCCCC1)N1CCC(=NO)CC1. The van der Waals surface area contributed by atoms with E-state index >= 15 is 0 Å². The minimum Gasteiger partial charge on any atom is -0.411 e. The van der Waals surface area contributed by atoms with E-state index in [0.717, 1.165) is 44.5 Å². The largest absolute Gasteiger partial charge is 0.411 e. The molecule has 1 saturated heterocycles. The lowest BCUT2D eigenvalue weighted by Gasteiger charge is -2.33. The fourth-order valence-electron chi connectivity index (χ4n) is 3.00. The highest BCUT2D eigenvalue weighted by Crippen LogP contribution is 2.18. The summed E-state index contributed by atoms with van der Waals surface area (Å²) in [6.45, 7) is 3.58.